The second-order valence-electron chi connectivity index (χ2n) is 15.1. The van der Waals surface area contributed by atoms with Gasteiger partial charge in [-0.3, -0.25) is 5.26 Å². The van der Waals surface area contributed by atoms with E-state index in [1.54, 1.807) is 11.9 Å². The van der Waals surface area contributed by atoms with Crippen molar-refractivity contribution in [3.8, 4) is 44.5 Å². The summed E-state index contributed by atoms with van der Waals surface area (Å²) in [5.41, 5.74) is 12.3. The van der Waals surface area contributed by atoms with Gasteiger partial charge in [0.25, 0.3) is 0 Å². The van der Waals surface area contributed by atoms with E-state index in [0.717, 1.165) is 73.0 Å². The maximum atomic E-state index is 11.8. The first-order valence-electron chi connectivity index (χ1n) is 21.7. The fourth-order valence-corrected chi connectivity index (χ4v) is 8.25. The van der Waals surface area contributed by atoms with Crippen molar-refractivity contribution in [3.63, 3.8) is 0 Å². The molecule has 16 heteroatoms. The summed E-state index contributed by atoms with van der Waals surface area (Å²) in [7, 11) is 1.37. The van der Waals surface area contributed by atoms with Gasteiger partial charge in [-0.2, -0.15) is 0 Å². The normalized spacial score (nSPS) is 12.3. The first-order valence-corrected chi connectivity index (χ1v) is 23.9. The summed E-state index contributed by atoms with van der Waals surface area (Å²) in [6, 6.07) is 46.0. The molecular formula is C55H42N4O8P2Zn2. The Kier molecular flexibility index (Phi) is 18.9. The number of allylic oxidation sites excluding steroid dienone is 4. The van der Waals surface area contributed by atoms with Crippen LogP contribution in [0.3, 0.4) is 0 Å². The zero-order valence-electron chi connectivity index (χ0n) is 38.9. The van der Waals surface area contributed by atoms with Crippen LogP contribution in [0.2, 0.25) is 0 Å². The van der Waals surface area contributed by atoms with E-state index in [0.29, 0.717) is 28.0 Å². The number of hydrogen-bond acceptors (Lipinski definition) is 8. The van der Waals surface area contributed by atoms with Crippen LogP contribution >= 0.6 is 17.1 Å². The Bertz CT molecular complexity index is 3400. The van der Waals surface area contributed by atoms with Gasteiger partial charge in [-0.25, -0.2) is 29.7 Å². The van der Waals surface area contributed by atoms with Crippen molar-refractivity contribution in [3.05, 3.63) is 209 Å². The molecule has 0 spiro atoms. The molecule has 2 aliphatic heterocycles. The second-order valence-corrected chi connectivity index (χ2v) is 16.6. The quantitative estimate of drug-likeness (QED) is 0.00986. The van der Waals surface area contributed by atoms with E-state index >= 15 is 0 Å². The molecule has 71 heavy (non-hydrogen) atoms. The van der Waals surface area contributed by atoms with Gasteiger partial charge in [0.2, 0.25) is 0 Å². The molecule has 0 aliphatic carbocycles. The monoisotopic (exact) mass is 1080 g/mol. The van der Waals surface area contributed by atoms with Gasteiger partial charge >= 0.3 is 31.4 Å². The number of hydrogen-bond donors (Lipinski definition) is 4. The summed E-state index contributed by atoms with van der Waals surface area (Å²) in [5, 5.41) is 35.3. The first kappa shape index (κ1) is 52.0. The molecule has 0 radical (unpaired) electrons. The minimum Gasteiger partial charge on any atom is -0.657 e. The minimum atomic E-state index is -1.54. The maximum Gasteiger partial charge on any atom is 2.00 e. The number of aliphatic carboxylic acids is 2. The predicted octanol–water partition coefficient (Wildman–Crippen LogP) is 12.5. The zero-order valence-corrected chi connectivity index (χ0v) is 45.9. The van der Waals surface area contributed by atoms with Crippen molar-refractivity contribution in [2.75, 3.05) is 6.61 Å². The molecule has 7 aromatic rings. The molecule has 12 nitrogen and oxygen atoms in total. The maximum absolute atomic E-state index is 11.8. The molecule has 344 valence electrons. The summed E-state index contributed by atoms with van der Waals surface area (Å²) in [6.45, 7) is -0.229. The Morgan fingerprint density at radius 1 is 0.606 bits per heavy atom. The van der Waals surface area contributed by atoms with E-state index in [-0.39, 0.29) is 51.3 Å². The SMILES string of the molecule is O=C(O)C(=C/C=C/c1cc2[n-]c1c(-c1ccccc1)c1nc(c(-c3ccccc3)c3ccc([n-]3)c(-c3ccccc3)c3nc(c2-c2ccccc2)C=C3)C=C1)C(=O)O.[3H]P(P)C=CC=C(COO)OO.[Zn+2].[Zn]. The Labute approximate surface area is 439 Å². The summed E-state index contributed by atoms with van der Waals surface area (Å²) in [5.74, 6) is -1.41. The zero-order chi connectivity index (χ0) is 49.0. The number of aromatic nitrogens is 4. The summed E-state index contributed by atoms with van der Waals surface area (Å²) in [4.78, 5) is 52.4. The molecule has 0 saturated heterocycles. The van der Waals surface area contributed by atoms with Gasteiger partial charge in [0.1, 0.15) is 12.2 Å². The van der Waals surface area contributed by atoms with Crippen molar-refractivity contribution < 1.29 is 79.0 Å². The van der Waals surface area contributed by atoms with Crippen molar-refractivity contribution in [1.29, 1.82) is 1.28 Å². The molecule has 5 heterocycles. The van der Waals surface area contributed by atoms with Crippen molar-refractivity contribution in [2.45, 2.75) is 0 Å². The van der Waals surface area contributed by atoms with Crippen molar-refractivity contribution in [1.82, 2.24) is 19.9 Å². The fraction of sp³-hybridized carbons (Fsp3) is 0.0182. The molecule has 2 atom stereocenters. The number of rotatable bonds is 13. The summed E-state index contributed by atoms with van der Waals surface area (Å²) in [6.07, 6.45) is 15.1. The molecule has 9 rings (SSSR count). The molecule has 4 aromatic carbocycles. The number of carboxylic acid groups (broad SMARTS) is 2. The molecular weight excluding hydrogens is 1040 g/mol. The van der Waals surface area contributed by atoms with Crippen LogP contribution in [0.5, 0.6) is 0 Å². The number of benzene rings is 4. The predicted molar refractivity (Wildman–Crippen MR) is 278 cm³/mol. The average Bonchev–Trinajstić information content (AvgIpc) is 4.22. The Morgan fingerprint density at radius 2 is 1.03 bits per heavy atom. The number of carbonyl (C=O) groups is 2. The Balaban J connectivity index is 0.000000539. The van der Waals surface area contributed by atoms with Crippen LogP contribution < -0.4 is 9.97 Å². The van der Waals surface area contributed by atoms with Crippen LogP contribution in [0.15, 0.2) is 181 Å². The molecule has 2 aliphatic rings. The van der Waals surface area contributed by atoms with E-state index in [1.165, 1.54) is 18.2 Å². The summed E-state index contributed by atoms with van der Waals surface area (Å²) < 4.78 is 7.11. The molecule has 0 fully saturated rings. The van der Waals surface area contributed by atoms with Crippen LogP contribution in [0.1, 0.15) is 28.3 Å². The van der Waals surface area contributed by atoms with Crippen LogP contribution in [0.4, 0.5) is 0 Å². The van der Waals surface area contributed by atoms with E-state index in [1.807, 2.05) is 140 Å². The van der Waals surface area contributed by atoms with Gasteiger partial charge in [-0.1, -0.05) is 172 Å². The standard InChI is InChI=1S/C50H34N4O4.C5H10O4P2.2Zn/c55-49(56)36(50(57)58)23-13-22-35-30-43-46(33-18-9-3-10-19-33)41-27-26-39(52-41)44(31-14-5-1-6-15-31)37-24-25-38(51-37)45(32-16-7-2-8-17-32)40-28-29-42(53-40)47(48(35)54-43)34-20-11-4-12-21-34;6-8-4-5(9-7)2-1-3-11-10;;/h1-30H,(H4,51,52,53,54,55,56,57,58);1-3,6-7,11H,4,10H2;;/q;;;+2/p-2/b22-13+,44-37?,44-39?,45-38?,45-40?,46-41?,46-43?,47-42?,48-47?;;;/i;11T;;. The van der Waals surface area contributed by atoms with E-state index in [4.69, 9.17) is 31.7 Å². The van der Waals surface area contributed by atoms with E-state index in [2.05, 4.69) is 43.0 Å². The van der Waals surface area contributed by atoms with Crippen LogP contribution in [0.25, 0.3) is 97.0 Å². The molecule has 3 aromatic heterocycles. The van der Waals surface area contributed by atoms with Crippen molar-refractivity contribution in [2.24, 2.45) is 0 Å². The molecule has 0 saturated carbocycles. The number of fused-ring (bicyclic) bond motifs is 8. The third kappa shape index (κ3) is 12.7. The fourth-order valence-electron chi connectivity index (χ4n) is 7.77. The Hall–Kier alpha value is -6.83. The van der Waals surface area contributed by atoms with Crippen LogP contribution in [0, 0.1) is 0 Å². The van der Waals surface area contributed by atoms with Crippen molar-refractivity contribution >= 4 is 81.5 Å². The second kappa shape index (κ2) is 25.9. The molecule has 2 unspecified atom stereocenters. The third-order valence-corrected chi connectivity index (χ3v) is 11.6. The smallest absolute Gasteiger partial charge is 0.657 e. The number of carboxylic acids is 2. The summed E-state index contributed by atoms with van der Waals surface area (Å²) >= 11 is 0. The molecule has 4 N–H and O–H groups in total. The topological polar surface area (TPSA) is 187 Å². The number of nitrogens with zero attached hydrogens (tertiary/aromatic N) is 4. The minimum absolute atomic E-state index is 0. The van der Waals surface area contributed by atoms with Crippen LogP contribution in [-0.2, 0) is 58.3 Å². The molecule has 0 amide bonds. The Morgan fingerprint density at radius 3 is 1.44 bits per heavy atom. The van der Waals surface area contributed by atoms with E-state index < -0.39 is 25.7 Å². The first-order chi connectivity index (χ1) is 34.1. The third-order valence-electron chi connectivity index (χ3n) is 10.8. The van der Waals surface area contributed by atoms with Gasteiger partial charge in [0.15, 0.2) is 5.76 Å². The van der Waals surface area contributed by atoms with Gasteiger partial charge < -0.3 is 25.1 Å². The van der Waals surface area contributed by atoms with Gasteiger partial charge in [-0.15, -0.1) is 31.0 Å². The van der Waals surface area contributed by atoms with Gasteiger partial charge in [-0.05, 0) is 86.5 Å². The van der Waals surface area contributed by atoms with Gasteiger partial charge in [0, 0.05) is 19.5 Å². The largest absolute Gasteiger partial charge is 2.00 e. The average molecular weight is 1080 g/mol. The van der Waals surface area contributed by atoms with Crippen LogP contribution in [-0.4, -0.2) is 50.5 Å². The van der Waals surface area contributed by atoms with E-state index in [9.17, 15) is 19.8 Å². The van der Waals surface area contributed by atoms with Gasteiger partial charge in [0.05, 0.1) is 24.1 Å². The molecule has 8 bridgehead atoms.